The smallest absolute Gasteiger partial charge is 0.144 e. The Balaban J connectivity index is 2.01. The zero-order chi connectivity index (χ0) is 15.7. The van der Waals surface area contributed by atoms with E-state index in [4.69, 9.17) is 15.2 Å². The molecule has 0 aliphatic rings. The van der Waals surface area contributed by atoms with E-state index in [9.17, 15) is 0 Å². The molecule has 0 unspecified atom stereocenters. The molecule has 114 valence electrons. The molecule has 2 N–H and O–H groups in total. The van der Waals surface area contributed by atoms with E-state index in [1.807, 2.05) is 44.2 Å². The number of fused-ring (bicyclic) bond motifs is 1. The summed E-state index contributed by atoms with van der Waals surface area (Å²) >= 11 is 0. The van der Waals surface area contributed by atoms with Crippen LogP contribution in [0.3, 0.4) is 0 Å². The van der Waals surface area contributed by atoms with Gasteiger partial charge < -0.3 is 15.2 Å². The maximum atomic E-state index is 6.00. The van der Waals surface area contributed by atoms with Crippen molar-refractivity contribution in [3.63, 3.8) is 0 Å². The van der Waals surface area contributed by atoms with Crippen molar-refractivity contribution in [2.75, 3.05) is 12.8 Å². The van der Waals surface area contributed by atoms with Crippen LogP contribution in [0.5, 0.6) is 11.5 Å². The topological polar surface area (TPSA) is 75.2 Å². The molecule has 0 saturated carbocycles. The van der Waals surface area contributed by atoms with Crippen LogP contribution in [0.4, 0.5) is 5.69 Å². The second-order valence-corrected chi connectivity index (χ2v) is 5.23. The first-order valence-corrected chi connectivity index (χ1v) is 7.04. The molecule has 3 rings (SSSR count). The number of hydrogen-bond donors (Lipinski definition) is 1. The maximum absolute atomic E-state index is 6.00. The first-order chi connectivity index (χ1) is 10.6. The van der Waals surface area contributed by atoms with Gasteiger partial charge in [0.25, 0.3) is 0 Å². The fourth-order valence-electron chi connectivity index (χ4n) is 2.15. The van der Waals surface area contributed by atoms with Gasteiger partial charge in [-0.05, 0) is 44.2 Å². The molecule has 6 nitrogen and oxygen atoms in total. The quantitative estimate of drug-likeness (QED) is 0.750. The normalized spacial score (nSPS) is 11.1. The van der Waals surface area contributed by atoms with Crippen molar-refractivity contribution in [1.82, 2.24) is 15.0 Å². The van der Waals surface area contributed by atoms with Gasteiger partial charge in [-0.1, -0.05) is 0 Å². The average Bonchev–Trinajstić information content (AvgIpc) is 2.90. The first kappa shape index (κ1) is 14.2. The number of anilines is 1. The molecular weight excluding hydrogens is 280 g/mol. The molecule has 1 aromatic heterocycles. The fraction of sp³-hybridized carbons (Fsp3) is 0.250. The number of ether oxygens (including phenoxy) is 2. The minimum Gasteiger partial charge on any atom is -0.497 e. The van der Waals surface area contributed by atoms with Crippen LogP contribution < -0.4 is 15.2 Å². The Hall–Kier alpha value is -2.76. The van der Waals surface area contributed by atoms with Crippen molar-refractivity contribution in [2.24, 2.45) is 0 Å². The lowest BCUT2D eigenvalue weighted by Crippen LogP contribution is -2.07. The van der Waals surface area contributed by atoms with Crippen molar-refractivity contribution in [3.05, 3.63) is 36.4 Å². The molecule has 0 aliphatic heterocycles. The van der Waals surface area contributed by atoms with Crippen LogP contribution in [-0.4, -0.2) is 28.2 Å². The molecule has 0 amide bonds. The Kier molecular flexibility index (Phi) is 3.58. The van der Waals surface area contributed by atoms with E-state index in [2.05, 4.69) is 10.2 Å². The molecular formula is C16H18N4O2. The minimum absolute atomic E-state index is 0.0522. The van der Waals surface area contributed by atoms with Gasteiger partial charge in [0.1, 0.15) is 22.5 Å². The largest absolute Gasteiger partial charge is 0.497 e. The van der Waals surface area contributed by atoms with Crippen LogP contribution in [0, 0.1) is 0 Å². The van der Waals surface area contributed by atoms with Gasteiger partial charge in [0, 0.05) is 6.07 Å². The summed E-state index contributed by atoms with van der Waals surface area (Å²) in [5.74, 6) is 1.42. The Labute approximate surface area is 128 Å². The van der Waals surface area contributed by atoms with Gasteiger partial charge in [-0.25, -0.2) is 0 Å². The van der Waals surface area contributed by atoms with E-state index in [0.717, 1.165) is 22.5 Å². The van der Waals surface area contributed by atoms with Gasteiger partial charge in [-0.15, -0.1) is 10.2 Å². The summed E-state index contributed by atoms with van der Waals surface area (Å²) in [5, 5.41) is 8.93. The van der Waals surface area contributed by atoms with E-state index in [1.54, 1.807) is 18.0 Å². The standard InChI is InChI=1S/C16H18N4O2/c1-10(2)22-16-9-15-14(8-13(16)17)18-20(19-15)11-4-6-12(21-3)7-5-11/h4-10H,17H2,1-3H3. The molecule has 0 atom stereocenters. The highest BCUT2D eigenvalue weighted by Crippen LogP contribution is 2.27. The van der Waals surface area contributed by atoms with Crippen LogP contribution in [0.15, 0.2) is 36.4 Å². The lowest BCUT2D eigenvalue weighted by atomic mass is 10.2. The molecule has 0 bridgehead atoms. The van der Waals surface area contributed by atoms with Gasteiger partial charge >= 0.3 is 0 Å². The summed E-state index contributed by atoms with van der Waals surface area (Å²) < 4.78 is 10.8. The van der Waals surface area contributed by atoms with E-state index < -0.39 is 0 Å². The molecule has 2 aromatic carbocycles. The molecule has 0 radical (unpaired) electrons. The third-order valence-corrected chi connectivity index (χ3v) is 3.18. The number of nitrogens with two attached hydrogens (primary N) is 1. The lowest BCUT2D eigenvalue weighted by Gasteiger charge is -2.11. The molecule has 0 saturated heterocycles. The Morgan fingerprint density at radius 3 is 2.27 bits per heavy atom. The highest BCUT2D eigenvalue weighted by molar-refractivity contribution is 5.81. The zero-order valence-electron chi connectivity index (χ0n) is 12.8. The van der Waals surface area contributed by atoms with Gasteiger partial charge in [0.2, 0.25) is 0 Å². The Morgan fingerprint density at radius 1 is 1.05 bits per heavy atom. The van der Waals surface area contributed by atoms with Crippen molar-refractivity contribution >= 4 is 16.7 Å². The van der Waals surface area contributed by atoms with Crippen molar-refractivity contribution in [1.29, 1.82) is 0 Å². The predicted octanol–water partition coefficient (Wildman–Crippen LogP) is 2.80. The summed E-state index contributed by atoms with van der Waals surface area (Å²) in [6, 6.07) is 11.1. The fourth-order valence-corrected chi connectivity index (χ4v) is 2.15. The van der Waals surface area contributed by atoms with E-state index in [0.29, 0.717) is 11.4 Å². The van der Waals surface area contributed by atoms with Crippen molar-refractivity contribution in [3.8, 4) is 17.2 Å². The van der Waals surface area contributed by atoms with E-state index >= 15 is 0 Å². The molecule has 3 aromatic rings. The highest BCUT2D eigenvalue weighted by Gasteiger charge is 2.10. The predicted molar refractivity (Wildman–Crippen MR) is 85.6 cm³/mol. The Morgan fingerprint density at radius 2 is 1.68 bits per heavy atom. The molecule has 0 fully saturated rings. The summed E-state index contributed by atoms with van der Waals surface area (Å²) in [7, 11) is 1.63. The van der Waals surface area contributed by atoms with E-state index in [-0.39, 0.29) is 6.10 Å². The molecule has 0 aliphatic carbocycles. The lowest BCUT2D eigenvalue weighted by molar-refractivity contribution is 0.244. The van der Waals surface area contributed by atoms with Crippen LogP contribution in [-0.2, 0) is 0 Å². The summed E-state index contributed by atoms with van der Waals surface area (Å²) in [6.45, 7) is 3.91. The Bertz CT molecular complexity index is 794. The van der Waals surface area contributed by atoms with Crippen LogP contribution in [0.2, 0.25) is 0 Å². The first-order valence-electron chi connectivity index (χ1n) is 7.04. The van der Waals surface area contributed by atoms with Gasteiger partial charge in [-0.3, -0.25) is 0 Å². The third kappa shape index (κ3) is 2.67. The van der Waals surface area contributed by atoms with Gasteiger partial charge in [0.05, 0.1) is 24.6 Å². The van der Waals surface area contributed by atoms with Crippen molar-refractivity contribution < 1.29 is 9.47 Å². The zero-order valence-corrected chi connectivity index (χ0v) is 12.8. The van der Waals surface area contributed by atoms with Crippen molar-refractivity contribution in [2.45, 2.75) is 20.0 Å². The molecule has 6 heteroatoms. The number of hydrogen-bond acceptors (Lipinski definition) is 5. The van der Waals surface area contributed by atoms with Crippen LogP contribution >= 0.6 is 0 Å². The number of nitrogen functional groups attached to an aromatic ring is 1. The third-order valence-electron chi connectivity index (χ3n) is 3.18. The van der Waals surface area contributed by atoms with Gasteiger partial charge in [0.15, 0.2) is 0 Å². The number of nitrogens with zero attached hydrogens (tertiary/aromatic N) is 3. The second kappa shape index (κ2) is 5.55. The summed E-state index contributed by atoms with van der Waals surface area (Å²) in [4.78, 5) is 1.57. The maximum Gasteiger partial charge on any atom is 0.144 e. The summed E-state index contributed by atoms with van der Waals surface area (Å²) in [5.41, 5.74) is 8.87. The molecule has 0 spiro atoms. The van der Waals surface area contributed by atoms with Crippen LogP contribution in [0.1, 0.15) is 13.8 Å². The molecule has 22 heavy (non-hydrogen) atoms. The second-order valence-electron chi connectivity index (χ2n) is 5.23. The minimum atomic E-state index is 0.0522. The number of methoxy groups -OCH3 is 1. The molecule has 1 heterocycles. The van der Waals surface area contributed by atoms with Gasteiger partial charge in [-0.2, -0.15) is 4.80 Å². The number of benzene rings is 2. The van der Waals surface area contributed by atoms with Crippen LogP contribution in [0.25, 0.3) is 16.7 Å². The number of rotatable bonds is 4. The average molecular weight is 298 g/mol. The monoisotopic (exact) mass is 298 g/mol. The number of aromatic nitrogens is 3. The summed E-state index contributed by atoms with van der Waals surface area (Å²) in [6.07, 6.45) is 0.0522. The SMILES string of the molecule is COc1ccc(-n2nc3cc(N)c(OC(C)C)cc3n2)cc1. The van der Waals surface area contributed by atoms with E-state index in [1.165, 1.54) is 0 Å². The highest BCUT2D eigenvalue weighted by atomic mass is 16.5.